The highest BCUT2D eigenvalue weighted by molar-refractivity contribution is 5.79. The van der Waals surface area contributed by atoms with Crippen LogP contribution in [0.1, 0.15) is 31.3 Å². The molecule has 104 valence electrons. The molecular formula is C15H19N5. The number of anilines is 1. The average molecular weight is 269 g/mol. The van der Waals surface area contributed by atoms with Crippen LogP contribution in [0.2, 0.25) is 0 Å². The van der Waals surface area contributed by atoms with Crippen molar-refractivity contribution < 1.29 is 0 Å². The Labute approximate surface area is 118 Å². The van der Waals surface area contributed by atoms with Crippen molar-refractivity contribution in [1.82, 2.24) is 19.3 Å². The van der Waals surface area contributed by atoms with Crippen molar-refractivity contribution in [3.63, 3.8) is 0 Å². The quantitative estimate of drug-likeness (QED) is 0.743. The standard InChI is InChI=1S/C15H19N5/c1-10(2)15-17-13-8-11(16)4-5-14(13)20(15)9-12-6-7-19(3)18-12/h4-8,10H,9,16H2,1-3H3. The van der Waals surface area contributed by atoms with Crippen LogP contribution in [0.15, 0.2) is 30.5 Å². The first kappa shape index (κ1) is 12.7. The minimum absolute atomic E-state index is 0.354. The van der Waals surface area contributed by atoms with Crippen LogP contribution in [-0.2, 0) is 13.6 Å². The number of aryl methyl sites for hydroxylation is 1. The second-order valence-corrected chi connectivity index (χ2v) is 5.44. The van der Waals surface area contributed by atoms with E-state index in [0.717, 1.165) is 34.8 Å². The van der Waals surface area contributed by atoms with E-state index in [9.17, 15) is 0 Å². The third-order valence-corrected chi connectivity index (χ3v) is 3.41. The number of hydrogen-bond donors (Lipinski definition) is 1. The maximum Gasteiger partial charge on any atom is 0.112 e. The molecule has 3 aromatic rings. The summed E-state index contributed by atoms with van der Waals surface area (Å²) in [5.74, 6) is 1.42. The lowest BCUT2D eigenvalue weighted by Crippen LogP contribution is -2.07. The number of benzene rings is 1. The van der Waals surface area contributed by atoms with E-state index in [4.69, 9.17) is 10.7 Å². The topological polar surface area (TPSA) is 61.7 Å². The predicted octanol–water partition coefficient (Wildman–Crippen LogP) is 2.52. The molecule has 0 unspecified atom stereocenters. The van der Waals surface area contributed by atoms with Gasteiger partial charge in [-0.3, -0.25) is 4.68 Å². The summed E-state index contributed by atoms with van der Waals surface area (Å²) in [6, 6.07) is 7.92. The van der Waals surface area contributed by atoms with E-state index in [2.05, 4.69) is 23.5 Å². The molecule has 0 atom stereocenters. The second-order valence-electron chi connectivity index (χ2n) is 5.44. The Balaban J connectivity index is 2.13. The molecule has 0 amide bonds. The van der Waals surface area contributed by atoms with Gasteiger partial charge in [0.2, 0.25) is 0 Å². The van der Waals surface area contributed by atoms with Gasteiger partial charge in [-0.05, 0) is 24.3 Å². The summed E-state index contributed by atoms with van der Waals surface area (Å²) >= 11 is 0. The Morgan fingerprint density at radius 1 is 1.25 bits per heavy atom. The van der Waals surface area contributed by atoms with Gasteiger partial charge in [0.1, 0.15) is 5.82 Å². The first-order valence-corrected chi connectivity index (χ1v) is 6.79. The van der Waals surface area contributed by atoms with Crippen LogP contribution >= 0.6 is 0 Å². The number of aromatic nitrogens is 4. The average Bonchev–Trinajstić information content (AvgIpc) is 2.94. The molecule has 0 radical (unpaired) electrons. The fourth-order valence-corrected chi connectivity index (χ4v) is 2.48. The largest absolute Gasteiger partial charge is 0.399 e. The van der Waals surface area contributed by atoms with E-state index in [0.29, 0.717) is 5.92 Å². The van der Waals surface area contributed by atoms with Gasteiger partial charge in [-0.2, -0.15) is 5.10 Å². The van der Waals surface area contributed by atoms with E-state index in [1.54, 1.807) is 0 Å². The second kappa shape index (κ2) is 4.67. The van der Waals surface area contributed by atoms with E-state index in [-0.39, 0.29) is 0 Å². The van der Waals surface area contributed by atoms with Crippen LogP contribution < -0.4 is 5.73 Å². The van der Waals surface area contributed by atoms with Crippen molar-refractivity contribution in [2.24, 2.45) is 7.05 Å². The molecule has 2 aromatic heterocycles. The number of fused-ring (bicyclic) bond motifs is 1. The molecule has 0 aliphatic carbocycles. The minimum Gasteiger partial charge on any atom is -0.399 e. The molecule has 0 saturated carbocycles. The number of nitrogens with two attached hydrogens (primary N) is 1. The Bertz CT molecular complexity index is 751. The summed E-state index contributed by atoms with van der Waals surface area (Å²) in [5.41, 5.74) is 9.68. The van der Waals surface area contributed by atoms with Gasteiger partial charge in [0, 0.05) is 24.8 Å². The maximum absolute atomic E-state index is 5.85. The molecule has 2 N–H and O–H groups in total. The first-order valence-electron chi connectivity index (χ1n) is 6.79. The number of hydrogen-bond acceptors (Lipinski definition) is 3. The lowest BCUT2D eigenvalue weighted by molar-refractivity contribution is 0.658. The van der Waals surface area contributed by atoms with Crippen molar-refractivity contribution in [2.45, 2.75) is 26.3 Å². The summed E-state index contributed by atoms with van der Waals surface area (Å²) < 4.78 is 4.04. The summed E-state index contributed by atoms with van der Waals surface area (Å²) in [5, 5.41) is 4.45. The van der Waals surface area contributed by atoms with E-state index < -0.39 is 0 Å². The zero-order valence-electron chi connectivity index (χ0n) is 12.0. The van der Waals surface area contributed by atoms with Crippen LogP contribution in [0.25, 0.3) is 11.0 Å². The van der Waals surface area contributed by atoms with E-state index in [1.807, 2.05) is 42.2 Å². The summed E-state index contributed by atoms with van der Waals surface area (Å²) in [7, 11) is 1.93. The van der Waals surface area contributed by atoms with Gasteiger partial charge in [0.05, 0.1) is 23.3 Å². The third-order valence-electron chi connectivity index (χ3n) is 3.41. The number of nitrogen functional groups attached to an aromatic ring is 1. The molecule has 1 aromatic carbocycles. The Morgan fingerprint density at radius 2 is 2.05 bits per heavy atom. The normalized spacial score (nSPS) is 11.6. The number of rotatable bonds is 3. The highest BCUT2D eigenvalue weighted by Crippen LogP contribution is 2.24. The fourth-order valence-electron chi connectivity index (χ4n) is 2.48. The van der Waals surface area contributed by atoms with Crippen LogP contribution in [0.4, 0.5) is 5.69 Å². The highest BCUT2D eigenvalue weighted by Gasteiger charge is 2.14. The van der Waals surface area contributed by atoms with Crippen LogP contribution in [0.3, 0.4) is 0 Å². The zero-order chi connectivity index (χ0) is 14.3. The molecule has 0 bridgehead atoms. The summed E-state index contributed by atoms with van der Waals surface area (Å²) in [6.07, 6.45) is 1.96. The third kappa shape index (κ3) is 2.15. The van der Waals surface area contributed by atoms with E-state index in [1.165, 1.54) is 0 Å². The molecule has 0 aliphatic rings. The molecule has 0 saturated heterocycles. The molecular weight excluding hydrogens is 250 g/mol. The Kier molecular flexibility index (Phi) is 2.97. The Hall–Kier alpha value is -2.30. The van der Waals surface area contributed by atoms with Crippen molar-refractivity contribution in [2.75, 3.05) is 5.73 Å². The lowest BCUT2D eigenvalue weighted by atomic mass is 10.2. The number of nitrogens with zero attached hydrogens (tertiary/aromatic N) is 4. The van der Waals surface area contributed by atoms with Crippen molar-refractivity contribution in [1.29, 1.82) is 0 Å². The highest BCUT2D eigenvalue weighted by atomic mass is 15.3. The molecule has 5 heteroatoms. The van der Waals surface area contributed by atoms with Crippen LogP contribution in [-0.4, -0.2) is 19.3 Å². The SMILES string of the molecule is CC(C)c1nc2cc(N)ccc2n1Cc1ccn(C)n1. The number of imidazole rings is 1. The van der Waals surface area contributed by atoms with Gasteiger partial charge in [-0.15, -0.1) is 0 Å². The lowest BCUT2D eigenvalue weighted by Gasteiger charge is -2.10. The van der Waals surface area contributed by atoms with Gasteiger partial charge in [-0.1, -0.05) is 13.8 Å². The van der Waals surface area contributed by atoms with Crippen molar-refractivity contribution in [3.05, 3.63) is 42.0 Å². The zero-order valence-corrected chi connectivity index (χ0v) is 12.0. The van der Waals surface area contributed by atoms with Crippen LogP contribution in [0.5, 0.6) is 0 Å². The molecule has 0 fully saturated rings. The Morgan fingerprint density at radius 3 is 2.70 bits per heavy atom. The van der Waals surface area contributed by atoms with E-state index >= 15 is 0 Å². The summed E-state index contributed by atoms with van der Waals surface area (Å²) in [6.45, 7) is 5.04. The maximum atomic E-state index is 5.85. The molecule has 0 aliphatic heterocycles. The molecule has 2 heterocycles. The molecule has 5 nitrogen and oxygen atoms in total. The van der Waals surface area contributed by atoms with Crippen molar-refractivity contribution in [3.8, 4) is 0 Å². The first-order chi connectivity index (χ1) is 9.54. The van der Waals surface area contributed by atoms with Crippen molar-refractivity contribution >= 4 is 16.7 Å². The smallest absolute Gasteiger partial charge is 0.112 e. The van der Waals surface area contributed by atoms with Crippen LogP contribution in [0, 0.1) is 0 Å². The monoisotopic (exact) mass is 269 g/mol. The molecule has 0 spiro atoms. The molecule has 20 heavy (non-hydrogen) atoms. The van der Waals surface area contributed by atoms with Gasteiger partial charge in [0.25, 0.3) is 0 Å². The predicted molar refractivity (Wildman–Crippen MR) is 80.5 cm³/mol. The molecule has 3 rings (SSSR count). The fraction of sp³-hybridized carbons (Fsp3) is 0.333. The minimum atomic E-state index is 0.354. The van der Waals surface area contributed by atoms with Gasteiger partial charge >= 0.3 is 0 Å². The van der Waals surface area contributed by atoms with Gasteiger partial charge in [-0.25, -0.2) is 4.98 Å². The van der Waals surface area contributed by atoms with Gasteiger partial charge in [0.15, 0.2) is 0 Å². The van der Waals surface area contributed by atoms with Gasteiger partial charge < -0.3 is 10.3 Å². The summed E-state index contributed by atoms with van der Waals surface area (Å²) in [4.78, 5) is 4.72.